The molecule has 0 fully saturated rings. The van der Waals surface area contributed by atoms with Crippen molar-refractivity contribution < 1.29 is 9.90 Å². The molecule has 102 valence electrons. The highest BCUT2D eigenvalue weighted by Crippen LogP contribution is 2.13. The fourth-order valence-electron chi connectivity index (χ4n) is 2.08. The number of aromatic amines is 1. The molecule has 0 aliphatic rings. The predicted molar refractivity (Wildman–Crippen MR) is 72.2 cm³/mol. The molecule has 6 nitrogen and oxygen atoms in total. The van der Waals surface area contributed by atoms with E-state index in [1.54, 1.807) is 30.1 Å². The lowest BCUT2D eigenvalue weighted by atomic mass is 10.1. The van der Waals surface area contributed by atoms with E-state index >= 15 is 0 Å². The smallest absolute Gasteiger partial charge is 0.326 e. The molecule has 0 saturated carbocycles. The Balaban J connectivity index is 2.40. The number of likely N-dealkylation sites (N-methyl/N-ethyl adjacent to an activating group) is 1. The summed E-state index contributed by atoms with van der Waals surface area (Å²) < 4.78 is 1.49. The van der Waals surface area contributed by atoms with E-state index in [1.165, 1.54) is 4.57 Å². The van der Waals surface area contributed by atoms with Crippen LogP contribution in [0.2, 0.25) is 0 Å². The van der Waals surface area contributed by atoms with Crippen LogP contribution in [0.5, 0.6) is 0 Å². The molecule has 1 amide bonds. The van der Waals surface area contributed by atoms with Crippen LogP contribution in [0.25, 0.3) is 11.0 Å². The van der Waals surface area contributed by atoms with Crippen LogP contribution in [0.15, 0.2) is 23.0 Å². The molecule has 6 heteroatoms. The van der Waals surface area contributed by atoms with Gasteiger partial charge in [-0.05, 0) is 25.1 Å². The quantitative estimate of drug-likeness (QED) is 0.834. The van der Waals surface area contributed by atoms with Gasteiger partial charge in [-0.2, -0.15) is 0 Å². The van der Waals surface area contributed by atoms with Gasteiger partial charge in [-0.1, -0.05) is 0 Å². The van der Waals surface area contributed by atoms with Gasteiger partial charge in [0.2, 0.25) is 0 Å². The Morgan fingerprint density at radius 2 is 2.21 bits per heavy atom. The Morgan fingerprint density at radius 3 is 2.84 bits per heavy atom. The fraction of sp³-hybridized carbons (Fsp3) is 0.385. The number of carbonyl (C=O) groups is 1. The molecule has 0 radical (unpaired) electrons. The van der Waals surface area contributed by atoms with E-state index in [0.29, 0.717) is 24.2 Å². The molecule has 19 heavy (non-hydrogen) atoms. The van der Waals surface area contributed by atoms with Crippen LogP contribution in [0.1, 0.15) is 17.3 Å². The van der Waals surface area contributed by atoms with E-state index in [2.05, 4.69) is 4.98 Å². The van der Waals surface area contributed by atoms with Crippen LogP contribution in [0.4, 0.5) is 0 Å². The Labute approximate surface area is 110 Å². The van der Waals surface area contributed by atoms with Crippen molar-refractivity contribution >= 4 is 16.9 Å². The zero-order valence-electron chi connectivity index (χ0n) is 11.0. The number of hydrogen-bond acceptors (Lipinski definition) is 3. The van der Waals surface area contributed by atoms with Crippen molar-refractivity contribution in [3.8, 4) is 0 Å². The van der Waals surface area contributed by atoms with Gasteiger partial charge in [0.25, 0.3) is 5.91 Å². The van der Waals surface area contributed by atoms with E-state index in [1.807, 2.05) is 6.92 Å². The minimum Gasteiger partial charge on any atom is -0.395 e. The van der Waals surface area contributed by atoms with Crippen LogP contribution < -0.4 is 5.69 Å². The number of H-pyrrole nitrogens is 1. The molecule has 0 aliphatic heterocycles. The topological polar surface area (TPSA) is 78.3 Å². The molecule has 2 N–H and O–H groups in total. The highest BCUT2D eigenvalue weighted by Gasteiger charge is 2.15. The van der Waals surface area contributed by atoms with Crippen molar-refractivity contribution in [2.45, 2.75) is 6.92 Å². The Kier molecular flexibility index (Phi) is 3.71. The molecule has 1 aromatic carbocycles. The highest BCUT2D eigenvalue weighted by molar-refractivity contribution is 5.97. The number of fused-ring (bicyclic) bond motifs is 1. The minimum absolute atomic E-state index is 0.0655. The monoisotopic (exact) mass is 263 g/mol. The molecular weight excluding hydrogens is 246 g/mol. The van der Waals surface area contributed by atoms with Gasteiger partial charge >= 0.3 is 5.69 Å². The zero-order valence-corrected chi connectivity index (χ0v) is 11.0. The number of aliphatic hydroxyl groups excluding tert-OH is 1. The maximum atomic E-state index is 12.2. The van der Waals surface area contributed by atoms with Crippen LogP contribution in [-0.4, -0.2) is 45.2 Å². The third-order valence-electron chi connectivity index (χ3n) is 3.19. The van der Waals surface area contributed by atoms with Crippen molar-refractivity contribution in [1.29, 1.82) is 0 Å². The molecule has 0 bridgehead atoms. The van der Waals surface area contributed by atoms with Crippen molar-refractivity contribution in [1.82, 2.24) is 14.5 Å². The first-order chi connectivity index (χ1) is 9.08. The maximum Gasteiger partial charge on any atom is 0.326 e. The largest absolute Gasteiger partial charge is 0.395 e. The molecule has 2 aromatic rings. The number of nitrogens with one attached hydrogen (secondary N) is 1. The number of aliphatic hydroxyl groups is 1. The summed E-state index contributed by atoms with van der Waals surface area (Å²) >= 11 is 0. The summed E-state index contributed by atoms with van der Waals surface area (Å²) in [5, 5.41) is 8.93. The lowest BCUT2D eigenvalue weighted by Gasteiger charge is -2.19. The summed E-state index contributed by atoms with van der Waals surface area (Å²) in [6.45, 7) is 2.63. The van der Waals surface area contributed by atoms with Gasteiger partial charge in [0.15, 0.2) is 0 Å². The van der Waals surface area contributed by atoms with Gasteiger partial charge < -0.3 is 15.0 Å². The number of aromatic nitrogens is 2. The van der Waals surface area contributed by atoms with Gasteiger partial charge in [0.1, 0.15) is 0 Å². The summed E-state index contributed by atoms with van der Waals surface area (Å²) in [6, 6.07) is 5.10. The van der Waals surface area contributed by atoms with Gasteiger partial charge in [0, 0.05) is 25.7 Å². The average Bonchev–Trinajstić information content (AvgIpc) is 2.70. The van der Waals surface area contributed by atoms with Crippen LogP contribution in [0, 0.1) is 0 Å². The minimum atomic E-state index is -0.206. The maximum absolute atomic E-state index is 12.2. The first kappa shape index (κ1) is 13.4. The Hall–Kier alpha value is -2.08. The van der Waals surface area contributed by atoms with Crippen molar-refractivity contribution in [2.75, 3.05) is 19.7 Å². The molecule has 0 saturated heterocycles. The normalized spacial score (nSPS) is 10.9. The third kappa shape index (κ3) is 2.39. The summed E-state index contributed by atoms with van der Waals surface area (Å²) in [7, 11) is 1.67. The summed E-state index contributed by atoms with van der Waals surface area (Å²) in [4.78, 5) is 28.0. The molecule has 0 aliphatic carbocycles. The molecule has 0 unspecified atom stereocenters. The van der Waals surface area contributed by atoms with Gasteiger partial charge in [-0.15, -0.1) is 0 Å². The van der Waals surface area contributed by atoms with E-state index in [0.717, 1.165) is 5.52 Å². The zero-order chi connectivity index (χ0) is 14.0. The van der Waals surface area contributed by atoms with Crippen LogP contribution >= 0.6 is 0 Å². The SMILES string of the molecule is CCN(CCO)C(=O)c1ccc2c(c1)[nH]c(=O)n2C. The number of carbonyl (C=O) groups excluding carboxylic acids is 1. The predicted octanol–water partition coefficient (Wildman–Crippen LogP) is 0.321. The molecule has 1 aromatic heterocycles. The highest BCUT2D eigenvalue weighted by atomic mass is 16.3. The van der Waals surface area contributed by atoms with Crippen molar-refractivity contribution in [3.63, 3.8) is 0 Å². The Morgan fingerprint density at radius 1 is 1.47 bits per heavy atom. The summed E-state index contributed by atoms with van der Waals surface area (Å²) in [6.07, 6.45) is 0. The van der Waals surface area contributed by atoms with Gasteiger partial charge in [-0.25, -0.2) is 4.79 Å². The third-order valence-corrected chi connectivity index (χ3v) is 3.19. The molecule has 2 rings (SSSR count). The number of benzene rings is 1. The van der Waals surface area contributed by atoms with Gasteiger partial charge in [0.05, 0.1) is 17.6 Å². The van der Waals surface area contributed by atoms with Crippen molar-refractivity contribution in [3.05, 3.63) is 34.2 Å². The standard InChI is InChI=1S/C13H17N3O3/c1-3-16(6-7-17)12(18)9-4-5-11-10(8-9)14-13(19)15(11)2/h4-5,8,17H,3,6-7H2,1-2H3,(H,14,19). The lowest BCUT2D eigenvalue weighted by molar-refractivity contribution is 0.0732. The second-order valence-corrected chi connectivity index (χ2v) is 4.33. The summed E-state index contributed by atoms with van der Waals surface area (Å²) in [5.74, 6) is -0.150. The van der Waals surface area contributed by atoms with Crippen molar-refractivity contribution in [2.24, 2.45) is 7.05 Å². The first-order valence-corrected chi connectivity index (χ1v) is 6.17. The summed E-state index contributed by atoms with van der Waals surface area (Å²) in [5.41, 5.74) is 1.69. The van der Waals surface area contributed by atoms with E-state index in [9.17, 15) is 9.59 Å². The average molecular weight is 263 g/mol. The molecule has 0 atom stereocenters. The number of aryl methyl sites for hydroxylation is 1. The number of nitrogens with zero attached hydrogens (tertiary/aromatic N) is 2. The van der Waals surface area contributed by atoms with E-state index < -0.39 is 0 Å². The van der Waals surface area contributed by atoms with Crippen LogP contribution in [0.3, 0.4) is 0 Å². The Bertz CT molecular complexity index is 657. The number of imidazole rings is 1. The fourth-order valence-corrected chi connectivity index (χ4v) is 2.08. The number of amides is 1. The molecule has 1 heterocycles. The molecular formula is C13H17N3O3. The number of hydrogen-bond donors (Lipinski definition) is 2. The molecule has 0 spiro atoms. The van der Waals surface area contributed by atoms with E-state index in [-0.39, 0.29) is 18.2 Å². The second-order valence-electron chi connectivity index (χ2n) is 4.33. The lowest BCUT2D eigenvalue weighted by Crippen LogP contribution is -2.33. The van der Waals surface area contributed by atoms with Gasteiger partial charge in [-0.3, -0.25) is 9.36 Å². The first-order valence-electron chi connectivity index (χ1n) is 6.17. The van der Waals surface area contributed by atoms with E-state index in [4.69, 9.17) is 5.11 Å². The van der Waals surface area contributed by atoms with Crippen LogP contribution in [-0.2, 0) is 7.05 Å². The number of rotatable bonds is 4. The second kappa shape index (κ2) is 5.27.